The smallest absolute Gasteiger partial charge is 0.264 e. The summed E-state index contributed by atoms with van der Waals surface area (Å²) in [4.78, 5) is 26.4. The summed E-state index contributed by atoms with van der Waals surface area (Å²) in [6.45, 7) is 4.08. The normalized spacial score (nSPS) is 14.2. The maximum atomic E-state index is 13.5. The molecule has 0 saturated carbocycles. The fourth-order valence-corrected chi connectivity index (χ4v) is 6.18. The van der Waals surface area contributed by atoms with E-state index in [9.17, 15) is 18.0 Å². The number of Topliss-reactive ketones (excluding diaryl/α,β-unsaturated/α-hetero) is 2. The van der Waals surface area contributed by atoms with Gasteiger partial charge >= 0.3 is 0 Å². The summed E-state index contributed by atoms with van der Waals surface area (Å²) in [7, 11) is -3.91. The number of rotatable bonds is 8. The fourth-order valence-electron chi connectivity index (χ4n) is 4.69. The first-order valence-corrected chi connectivity index (χ1v) is 13.6. The Morgan fingerprint density at radius 2 is 1.81 bits per heavy atom. The number of hydrogen-bond donors (Lipinski definition) is 0. The van der Waals surface area contributed by atoms with E-state index in [1.807, 2.05) is 43.3 Å². The van der Waals surface area contributed by atoms with Crippen molar-refractivity contribution in [1.29, 1.82) is 0 Å². The van der Waals surface area contributed by atoms with Crippen LogP contribution < -0.4 is 13.8 Å². The largest absolute Gasteiger partial charge is 0.454 e. The molecule has 0 fully saturated rings. The SMILES string of the molecule is CCN(c1cccc(C)c1)S(=O)(=O)c1ccc2c(c1)C(=O)C(C(=O)CCc1ccc3c(c1)OCO3)=CC2. The lowest BCUT2D eigenvalue weighted by molar-refractivity contribution is -0.115. The number of carbonyl (C=O) groups excluding carboxylic acids is 2. The van der Waals surface area contributed by atoms with Gasteiger partial charge in [0.25, 0.3) is 10.0 Å². The summed E-state index contributed by atoms with van der Waals surface area (Å²) in [6, 6.07) is 17.4. The van der Waals surface area contributed by atoms with Crippen molar-refractivity contribution >= 4 is 27.3 Å². The number of ether oxygens (including phenoxy) is 2. The van der Waals surface area contributed by atoms with E-state index in [4.69, 9.17) is 9.47 Å². The zero-order chi connectivity index (χ0) is 26.2. The van der Waals surface area contributed by atoms with Crippen molar-refractivity contribution in [3.05, 3.63) is 94.6 Å². The van der Waals surface area contributed by atoms with Crippen LogP contribution in [-0.2, 0) is 27.7 Å². The zero-order valence-corrected chi connectivity index (χ0v) is 21.5. The number of allylic oxidation sites excluding steroid dienone is 2. The maximum Gasteiger partial charge on any atom is 0.264 e. The molecule has 3 aromatic carbocycles. The van der Waals surface area contributed by atoms with Crippen LogP contribution >= 0.6 is 0 Å². The molecular weight excluding hydrogens is 490 g/mol. The molecule has 1 aliphatic heterocycles. The molecule has 1 heterocycles. The lowest BCUT2D eigenvalue weighted by Crippen LogP contribution is -2.31. The second-order valence-electron chi connectivity index (χ2n) is 9.09. The van der Waals surface area contributed by atoms with Gasteiger partial charge < -0.3 is 9.47 Å². The van der Waals surface area contributed by atoms with Gasteiger partial charge in [-0.1, -0.05) is 30.3 Å². The van der Waals surface area contributed by atoms with Crippen LogP contribution in [0.5, 0.6) is 11.5 Å². The van der Waals surface area contributed by atoms with Crippen molar-refractivity contribution in [3.8, 4) is 11.5 Å². The minimum Gasteiger partial charge on any atom is -0.454 e. The molecule has 3 aromatic rings. The van der Waals surface area contributed by atoms with Gasteiger partial charge in [-0.05, 0) is 79.8 Å². The highest BCUT2D eigenvalue weighted by atomic mass is 32.2. The van der Waals surface area contributed by atoms with Gasteiger partial charge in [0.1, 0.15) is 0 Å². The maximum absolute atomic E-state index is 13.5. The van der Waals surface area contributed by atoms with E-state index in [1.54, 1.807) is 25.1 Å². The number of benzene rings is 3. The van der Waals surface area contributed by atoms with Crippen LogP contribution in [0.1, 0.15) is 40.4 Å². The van der Waals surface area contributed by atoms with Crippen molar-refractivity contribution < 1.29 is 27.5 Å². The summed E-state index contributed by atoms with van der Waals surface area (Å²) in [6.07, 6.45) is 2.64. The van der Waals surface area contributed by atoms with E-state index in [2.05, 4.69) is 0 Å². The Morgan fingerprint density at radius 1 is 1.00 bits per heavy atom. The number of ketones is 2. The fraction of sp³-hybridized carbons (Fsp3) is 0.241. The molecule has 5 rings (SSSR count). The highest BCUT2D eigenvalue weighted by molar-refractivity contribution is 7.92. The lowest BCUT2D eigenvalue weighted by Gasteiger charge is -2.24. The summed E-state index contributed by atoms with van der Waals surface area (Å²) < 4.78 is 39.1. The molecule has 0 saturated heterocycles. The van der Waals surface area contributed by atoms with E-state index < -0.39 is 15.8 Å². The van der Waals surface area contributed by atoms with Gasteiger partial charge in [-0.3, -0.25) is 13.9 Å². The molecule has 0 amide bonds. The zero-order valence-electron chi connectivity index (χ0n) is 20.7. The molecule has 0 spiro atoms. The van der Waals surface area contributed by atoms with Crippen LogP contribution in [0.15, 0.2) is 77.2 Å². The average Bonchev–Trinajstić information content (AvgIpc) is 3.36. The van der Waals surface area contributed by atoms with Gasteiger partial charge in [0.05, 0.1) is 16.2 Å². The monoisotopic (exact) mass is 517 g/mol. The first-order valence-electron chi connectivity index (χ1n) is 12.2. The molecule has 7 nitrogen and oxygen atoms in total. The van der Waals surface area contributed by atoms with Crippen LogP contribution in [0.25, 0.3) is 0 Å². The van der Waals surface area contributed by atoms with Crippen LogP contribution in [-0.4, -0.2) is 33.3 Å². The van der Waals surface area contributed by atoms with Gasteiger partial charge in [-0.2, -0.15) is 0 Å². The predicted octanol–water partition coefficient (Wildman–Crippen LogP) is 4.81. The standard InChI is InChI=1S/C29H27NO6S/c1-3-30(22-6-4-5-19(2)15-22)37(33,34)23-11-9-21-10-12-24(29(32)25(21)17-23)26(31)13-7-20-8-14-27-28(16-20)36-18-35-27/h4-6,8-9,11-12,14-17H,3,7,10,13,18H2,1-2H3. The molecule has 0 N–H and O–H groups in total. The van der Waals surface area contributed by atoms with Crippen molar-refractivity contribution in [1.82, 2.24) is 0 Å². The second-order valence-corrected chi connectivity index (χ2v) is 11.0. The highest BCUT2D eigenvalue weighted by Gasteiger charge is 2.29. The topological polar surface area (TPSA) is 90.0 Å². The molecule has 0 aromatic heterocycles. The molecule has 2 aliphatic rings. The summed E-state index contributed by atoms with van der Waals surface area (Å²) in [5, 5.41) is 0. The van der Waals surface area contributed by atoms with Gasteiger partial charge in [0.15, 0.2) is 23.1 Å². The van der Waals surface area contributed by atoms with Crippen LogP contribution in [0, 0.1) is 6.92 Å². The van der Waals surface area contributed by atoms with Crippen molar-refractivity contribution in [2.24, 2.45) is 0 Å². The Bertz CT molecular complexity index is 1540. The number of anilines is 1. The number of hydrogen-bond acceptors (Lipinski definition) is 6. The number of sulfonamides is 1. The Labute approximate surface area is 216 Å². The number of carbonyl (C=O) groups is 2. The summed E-state index contributed by atoms with van der Waals surface area (Å²) in [5.74, 6) is 0.614. The molecular formula is C29H27NO6S. The van der Waals surface area contributed by atoms with Crippen molar-refractivity contribution in [3.63, 3.8) is 0 Å². The van der Waals surface area contributed by atoms with E-state index >= 15 is 0 Å². The van der Waals surface area contributed by atoms with E-state index in [0.717, 1.165) is 11.1 Å². The first kappa shape index (κ1) is 24.8. The molecule has 190 valence electrons. The molecule has 1 aliphatic carbocycles. The third-order valence-electron chi connectivity index (χ3n) is 6.64. The van der Waals surface area contributed by atoms with Gasteiger partial charge in [0, 0.05) is 18.5 Å². The number of nitrogens with zero attached hydrogens (tertiary/aromatic N) is 1. The lowest BCUT2D eigenvalue weighted by atomic mass is 9.87. The van der Waals surface area contributed by atoms with Crippen LogP contribution in [0.2, 0.25) is 0 Å². The summed E-state index contributed by atoms with van der Waals surface area (Å²) >= 11 is 0. The molecule has 37 heavy (non-hydrogen) atoms. The minimum absolute atomic E-state index is 0.0250. The molecule has 0 radical (unpaired) electrons. The molecule has 0 atom stereocenters. The van der Waals surface area contributed by atoms with E-state index in [-0.39, 0.29) is 41.6 Å². The Morgan fingerprint density at radius 3 is 2.59 bits per heavy atom. The average molecular weight is 518 g/mol. The Balaban J connectivity index is 1.35. The number of fused-ring (bicyclic) bond motifs is 2. The van der Waals surface area contributed by atoms with Crippen molar-refractivity contribution in [2.45, 2.75) is 38.0 Å². The third kappa shape index (κ3) is 4.76. The third-order valence-corrected chi connectivity index (χ3v) is 8.54. The highest BCUT2D eigenvalue weighted by Crippen LogP contribution is 2.33. The van der Waals surface area contributed by atoms with E-state index in [1.165, 1.54) is 16.4 Å². The van der Waals surface area contributed by atoms with Gasteiger partial charge in [-0.15, -0.1) is 0 Å². The van der Waals surface area contributed by atoms with Crippen molar-refractivity contribution in [2.75, 3.05) is 17.6 Å². The Hall–Kier alpha value is -3.91. The van der Waals surface area contributed by atoms with E-state index in [0.29, 0.717) is 35.6 Å². The Kier molecular flexibility index (Phi) is 6.60. The number of aryl methyl sites for hydroxylation is 2. The van der Waals surface area contributed by atoms with Crippen LogP contribution in [0.4, 0.5) is 5.69 Å². The molecule has 0 bridgehead atoms. The minimum atomic E-state index is -3.91. The quantitative estimate of drug-likeness (QED) is 0.399. The van der Waals surface area contributed by atoms with Crippen LogP contribution in [0.3, 0.4) is 0 Å². The second kappa shape index (κ2) is 9.86. The van der Waals surface area contributed by atoms with Gasteiger partial charge in [-0.25, -0.2) is 8.42 Å². The van der Waals surface area contributed by atoms with Gasteiger partial charge in [0.2, 0.25) is 6.79 Å². The predicted molar refractivity (Wildman–Crippen MR) is 140 cm³/mol. The molecule has 8 heteroatoms. The first-order chi connectivity index (χ1) is 17.8. The summed E-state index contributed by atoms with van der Waals surface area (Å²) in [5.41, 5.74) is 3.48. The molecule has 0 unspecified atom stereocenters.